The van der Waals surface area contributed by atoms with Gasteiger partial charge in [0, 0.05) is 0 Å². The Labute approximate surface area is 186 Å². The average Bonchev–Trinajstić information content (AvgIpc) is 3.24. The third kappa shape index (κ3) is 2.81. The first-order valence-electron chi connectivity index (χ1n) is 11.7. The maximum absolute atomic E-state index is 13.2. The number of nitrogens with zero attached hydrogens (tertiary/aromatic N) is 1. The van der Waals surface area contributed by atoms with Crippen molar-refractivity contribution in [2.75, 3.05) is 6.54 Å². The van der Waals surface area contributed by atoms with Crippen molar-refractivity contribution in [1.82, 2.24) is 21.1 Å². The molecule has 8 heteroatoms. The fraction of sp³-hybridized carbons (Fsp3) is 0.583. The zero-order chi connectivity index (χ0) is 22.1. The molecule has 0 radical (unpaired) electrons. The molecule has 1 aromatic carbocycles. The molecule has 1 atom stereocenters. The van der Waals surface area contributed by atoms with E-state index >= 15 is 0 Å². The van der Waals surface area contributed by atoms with Crippen molar-refractivity contribution in [1.29, 1.82) is 0 Å². The van der Waals surface area contributed by atoms with Gasteiger partial charge in [0.15, 0.2) is 0 Å². The summed E-state index contributed by atoms with van der Waals surface area (Å²) < 4.78 is 0. The van der Waals surface area contributed by atoms with E-state index in [0.717, 1.165) is 35.3 Å². The monoisotopic (exact) mass is 436 g/mol. The van der Waals surface area contributed by atoms with Crippen molar-refractivity contribution in [3.63, 3.8) is 0 Å². The fourth-order valence-corrected chi connectivity index (χ4v) is 7.56. The third-order valence-corrected chi connectivity index (χ3v) is 8.56. The van der Waals surface area contributed by atoms with Crippen molar-refractivity contribution in [3.05, 3.63) is 35.4 Å². The van der Waals surface area contributed by atoms with Gasteiger partial charge < -0.3 is 5.32 Å². The lowest BCUT2D eigenvalue weighted by Crippen LogP contribution is -2.57. The molecule has 32 heavy (non-hydrogen) atoms. The first-order valence-corrected chi connectivity index (χ1v) is 11.7. The molecule has 1 heterocycles. The second-order valence-corrected chi connectivity index (χ2v) is 10.6. The molecule has 4 saturated carbocycles. The van der Waals surface area contributed by atoms with Gasteiger partial charge in [0.05, 0.1) is 5.41 Å². The minimum atomic E-state index is -1.09. The van der Waals surface area contributed by atoms with Gasteiger partial charge in [-0.15, -0.1) is 0 Å². The Morgan fingerprint density at radius 3 is 2.34 bits per heavy atom. The summed E-state index contributed by atoms with van der Waals surface area (Å²) in [6.45, 7) is -0.421. The summed E-state index contributed by atoms with van der Waals surface area (Å²) in [4.78, 5) is 52.3. The van der Waals surface area contributed by atoms with Crippen LogP contribution in [0.5, 0.6) is 0 Å². The normalized spacial score (nSPS) is 36.4. The first-order chi connectivity index (χ1) is 15.4. The first kappa shape index (κ1) is 19.8. The number of carbonyl (C=O) groups is 4. The number of nitrogens with one attached hydrogen (secondary N) is 3. The predicted octanol–water partition coefficient (Wildman–Crippen LogP) is 1.74. The van der Waals surface area contributed by atoms with Gasteiger partial charge in [-0.05, 0) is 80.2 Å². The smallest absolute Gasteiger partial charge is 0.319 e. The van der Waals surface area contributed by atoms with Crippen LogP contribution in [-0.4, -0.2) is 35.2 Å². The van der Waals surface area contributed by atoms with E-state index in [4.69, 9.17) is 0 Å². The van der Waals surface area contributed by atoms with Gasteiger partial charge in [-0.1, -0.05) is 24.3 Å². The molecular weight excluding hydrogens is 408 g/mol. The van der Waals surface area contributed by atoms with Crippen LogP contribution in [-0.2, 0) is 26.3 Å². The second-order valence-electron chi connectivity index (χ2n) is 10.6. The van der Waals surface area contributed by atoms with Gasteiger partial charge in [-0.3, -0.25) is 30.1 Å². The SMILES string of the molecule is O=C(CN1C(=O)NC2(CCc3ccccc32)C1=O)NNC(=O)C12CC3CC(CC(C3)C1)C2. The molecule has 1 unspecified atom stereocenters. The maximum atomic E-state index is 13.2. The summed E-state index contributed by atoms with van der Waals surface area (Å²) in [6, 6.07) is 7.00. The summed E-state index contributed by atoms with van der Waals surface area (Å²) >= 11 is 0. The Hall–Kier alpha value is -2.90. The Kier molecular flexibility index (Phi) is 4.20. The Morgan fingerprint density at radius 1 is 1.00 bits per heavy atom. The van der Waals surface area contributed by atoms with Crippen LogP contribution < -0.4 is 16.2 Å². The van der Waals surface area contributed by atoms with Crippen molar-refractivity contribution in [2.45, 2.75) is 56.9 Å². The van der Waals surface area contributed by atoms with Crippen LogP contribution in [0.4, 0.5) is 4.79 Å². The lowest BCUT2D eigenvalue weighted by Gasteiger charge is -2.55. The van der Waals surface area contributed by atoms with E-state index in [9.17, 15) is 19.2 Å². The molecule has 1 aliphatic heterocycles. The van der Waals surface area contributed by atoms with Gasteiger partial charge in [-0.25, -0.2) is 4.79 Å². The van der Waals surface area contributed by atoms with E-state index in [0.29, 0.717) is 30.6 Å². The molecule has 0 aromatic heterocycles. The minimum absolute atomic E-state index is 0.122. The van der Waals surface area contributed by atoms with Crippen LogP contribution in [0.1, 0.15) is 56.1 Å². The van der Waals surface area contributed by atoms with Gasteiger partial charge in [0.1, 0.15) is 12.1 Å². The average molecular weight is 437 g/mol. The van der Waals surface area contributed by atoms with Crippen LogP contribution in [0, 0.1) is 23.2 Å². The highest BCUT2D eigenvalue weighted by Crippen LogP contribution is 2.60. The molecular formula is C24H28N4O4. The summed E-state index contributed by atoms with van der Waals surface area (Å²) in [5.41, 5.74) is 5.45. The second kappa shape index (κ2) is 6.80. The van der Waals surface area contributed by atoms with Crippen molar-refractivity contribution < 1.29 is 19.2 Å². The highest BCUT2D eigenvalue weighted by molar-refractivity contribution is 6.10. The van der Waals surface area contributed by atoms with E-state index in [2.05, 4.69) is 16.2 Å². The number of hydrazine groups is 1. The van der Waals surface area contributed by atoms with Crippen LogP contribution in [0.3, 0.4) is 0 Å². The molecule has 8 nitrogen and oxygen atoms in total. The van der Waals surface area contributed by atoms with E-state index < -0.39 is 29.9 Å². The number of urea groups is 1. The highest BCUT2D eigenvalue weighted by atomic mass is 16.2. The van der Waals surface area contributed by atoms with Crippen molar-refractivity contribution in [2.24, 2.45) is 23.2 Å². The van der Waals surface area contributed by atoms with Crippen LogP contribution in [0.15, 0.2) is 24.3 Å². The zero-order valence-electron chi connectivity index (χ0n) is 18.0. The topological polar surface area (TPSA) is 108 Å². The Morgan fingerprint density at radius 2 is 1.66 bits per heavy atom. The number of fused-ring (bicyclic) bond motifs is 2. The molecule has 4 bridgehead atoms. The molecule has 3 N–H and O–H groups in total. The number of aryl methyl sites for hydroxylation is 1. The van der Waals surface area contributed by atoms with E-state index in [1.54, 1.807) is 0 Å². The number of benzene rings is 1. The molecule has 5 fully saturated rings. The lowest BCUT2D eigenvalue weighted by atomic mass is 9.49. The van der Waals surface area contributed by atoms with Gasteiger partial charge in [0.2, 0.25) is 5.91 Å². The number of hydrogen-bond acceptors (Lipinski definition) is 4. The Bertz CT molecular complexity index is 1000. The van der Waals surface area contributed by atoms with E-state index in [-0.39, 0.29) is 11.3 Å². The van der Waals surface area contributed by atoms with Crippen molar-refractivity contribution >= 4 is 23.8 Å². The highest BCUT2D eigenvalue weighted by Gasteiger charge is 2.56. The molecule has 5 aliphatic carbocycles. The molecule has 168 valence electrons. The van der Waals surface area contributed by atoms with Gasteiger partial charge in [-0.2, -0.15) is 0 Å². The number of imide groups is 1. The number of amides is 5. The van der Waals surface area contributed by atoms with Crippen LogP contribution in [0.2, 0.25) is 0 Å². The Balaban J connectivity index is 1.10. The summed E-state index contributed by atoms with van der Waals surface area (Å²) in [5, 5.41) is 2.81. The molecule has 7 rings (SSSR count). The van der Waals surface area contributed by atoms with Crippen LogP contribution >= 0.6 is 0 Å². The molecule has 1 saturated heterocycles. The maximum Gasteiger partial charge on any atom is 0.325 e. The van der Waals surface area contributed by atoms with Crippen LogP contribution in [0.25, 0.3) is 0 Å². The quantitative estimate of drug-likeness (QED) is 0.496. The standard InChI is InChI=1S/C24H28N4O4/c29-19(26-27-20(30)23-10-14-7-15(11-23)9-16(8-14)12-23)13-28-21(31)24(25-22(28)32)6-5-17-3-1-2-4-18(17)24/h1-4,14-16H,5-13H2,(H,25,32)(H,26,29)(H,27,30). The number of hydrogen-bond donors (Lipinski definition) is 3. The lowest BCUT2D eigenvalue weighted by molar-refractivity contribution is -0.149. The van der Waals surface area contributed by atoms with E-state index in [1.165, 1.54) is 19.3 Å². The largest absolute Gasteiger partial charge is 0.325 e. The fourth-order valence-electron chi connectivity index (χ4n) is 7.56. The minimum Gasteiger partial charge on any atom is -0.319 e. The number of carbonyl (C=O) groups excluding carboxylic acids is 4. The molecule has 6 aliphatic rings. The molecule has 1 spiro atoms. The zero-order valence-corrected chi connectivity index (χ0v) is 18.0. The summed E-state index contributed by atoms with van der Waals surface area (Å²) in [7, 11) is 0. The van der Waals surface area contributed by atoms with Gasteiger partial charge >= 0.3 is 6.03 Å². The predicted molar refractivity (Wildman–Crippen MR) is 114 cm³/mol. The van der Waals surface area contributed by atoms with Gasteiger partial charge in [0.25, 0.3) is 11.8 Å². The summed E-state index contributed by atoms with van der Waals surface area (Å²) in [5.74, 6) is 0.769. The number of rotatable bonds is 3. The van der Waals surface area contributed by atoms with Crippen molar-refractivity contribution in [3.8, 4) is 0 Å². The van der Waals surface area contributed by atoms with E-state index in [1.807, 2.05) is 24.3 Å². The molecule has 5 amide bonds. The summed E-state index contributed by atoms with van der Waals surface area (Å²) in [6.07, 6.45) is 7.57. The molecule has 1 aromatic rings. The third-order valence-electron chi connectivity index (χ3n) is 8.56.